The molecule has 0 saturated heterocycles. The molecule has 0 radical (unpaired) electrons. The second kappa shape index (κ2) is 12.9. The normalized spacial score (nSPS) is 12.4. The molecule has 3 aromatic carbocycles. The summed E-state index contributed by atoms with van der Waals surface area (Å²) >= 11 is 0. The molecule has 0 unspecified atom stereocenters. The SMILES string of the molecule is CCC(=O)CCCCC[C@H](NC(=O)Cc1cccc(C(F)(F)F)c1F)c1ncc(-c2ccc3ccccc3c2)[nH]1. The van der Waals surface area contributed by atoms with Crippen LogP contribution in [0.4, 0.5) is 17.6 Å². The summed E-state index contributed by atoms with van der Waals surface area (Å²) in [6.07, 6.45) is -0.0778. The predicted octanol–water partition coefficient (Wildman–Crippen LogP) is 7.72. The second-order valence-electron chi connectivity index (χ2n) is 9.81. The van der Waals surface area contributed by atoms with Gasteiger partial charge in [-0.3, -0.25) is 9.59 Å². The summed E-state index contributed by atoms with van der Waals surface area (Å²) in [5.41, 5.74) is -0.0772. The first-order chi connectivity index (χ1) is 19.2. The first-order valence-corrected chi connectivity index (χ1v) is 13.4. The minimum atomic E-state index is -4.86. The molecule has 5 nitrogen and oxygen atoms in total. The predicted molar refractivity (Wildman–Crippen MR) is 146 cm³/mol. The average Bonchev–Trinajstić information content (AvgIpc) is 3.42. The number of carbonyl (C=O) groups excluding carboxylic acids is 2. The van der Waals surface area contributed by atoms with Crippen molar-refractivity contribution in [3.8, 4) is 11.3 Å². The molecule has 1 heterocycles. The molecular weight excluding hydrogens is 522 g/mol. The molecule has 0 aliphatic heterocycles. The van der Waals surface area contributed by atoms with E-state index in [0.717, 1.165) is 40.9 Å². The number of rotatable bonds is 12. The van der Waals surface area contributed by atoms with Crippen molar-refractivity contribution in [2.24, 2.45) is 0 Å². The molecule has 4 rings (SSSR count). The Morgan fingerprint density at radius 3 is 2.50 bits per heavy atom. The number of ketones is 1. The maximum atomic E-state index is 14.5. The van der Waals surface area contributed by atoms with E-state index in [2.05, 4.69) is 15.3 Å². The highest BCUT2D eigenvalue weighted by Crippen LogP contribution is 2.32. The first-order valence-electron chi connectivity index (χ1n) is 13.4. The molecule has 1 aromatic heterocycles. The molecule has 2 N–H and O–H groups in total. The van der Waals surface area contributed by atoms with Crippen molar-refractivity contribution in [3.63, 3.8) is 0 Å². The Kier molecular flexibility index (Phi) is 9.34. The van der Waals surface area contributed by atoms with Crippen LogP contribution in [0.15, 0.2) is 66.9 Å². The number of fused-ring (bicyclic) bond motifs is 1. The highest BCUT2D eigenvalue weighted by Gasteiger charge is 2.35. The van der Waals surface area contributed by atoms with Gasteiger partial charge in [0.05, 0.1) is 29.9 Å². The summed E-state index contributed by atoms with van der Waals surface area (Å²) in [6.45, 7) is 1.82. The second-order valence-corrected chi connectivity index (χ2v) is 9.81. The quantitative estimate of drug-likeness (QED) is 0.139. The molecule has 0 fully saturated rings. The molecule has 1 amide bonds. The van der Waals surface area contributed by atoms with Gasteiger partial charge in [-0.15, -0.1) is 0 Å². The molecule has 0 aliphatic rings. The van der Waals surface area contributed by atoms with Gasteiger partial charge in [0.2, 0.25) is 5.91 Å². The van der Waals surface area contributed by atoms with Gasteiger partial charge in [-0.25, -0.2) is 9.37 Å². The van der Waals surface area contributed by atoms with E-state index in [1.165, 1.54) is 6.07 Å². The van der Waals surface area contributed by atoms with Crippen molar-refractivity contribution in [2.75, 3.05) is 0 Å². The number of carbonyl (C=O) groups is 2. The van der Waals surface area contributed by atoms with Gasteiger partial charge < -0.3 is 10.3 Å². The Hall–Kier alpha value is -4.01. The van der Waals surface area contributed by atoms with Crippen molar-refractivity contribution >= 4 is 22.5 Å². The Bertz CT molecular complexity index is 1480. The fraction of sp³-hybridized carbons (Fsp3) is 0.323. The maximum absolute atomic E-state index is 14.5. The number of alkyl halides is 3. The average molecular weight is 554 g/mol. The molecule has 1 atom stereocenters. The molecule has 210 valence electrons. The lowest BCUT2D eigenvalue weighted by atomic mass is 10.0. The van der Waals surface area contributed by atoms with Crippen molar-refractivity contribution in [3.05, 3.63) is 89.6 Å². The number of benzene rings is 3. The van der Waals surface area contributed by atoms with E-state index in [9.17, 15) is 27.2 Å². The molecule has 40 heavy (non-hydrogen) atoms. The van der Waals surface area contributed by atoms with Crippen LogP contribution in [0.1, 0.15) is 68.4 Å². The number of hydrogen-bond donors (Lipinski definition) is 2. The lowest BCUT2D eigenvalue weighted by Gasteiger charge is -2.18. The number of H-pyrrole nitrogens is 1. The zero-order valence-electron chi connectivity index (χ0n) is 22.2. The van der Waals surface area contributed by atoms with Gasteiger partial charge in [0, 0.05) is 18.4 Å². The number of hydrogen-bond acceptors (Lipinski definition) is 3. The minimum Gasteiger partial charge on any atom is -0.346 e. The topological polar surface area (TPSA) is 74.8 Å². The summed E-state index contributed by atoms with van der Waals surface area (Å²) in [7, 11) is 0. The fourth-order valence-corrected chi connectivity index (χ4v) is 4.67. The summed E-state index contributed by atoms with van der Waals surface area (Å²) in [6, 6.07) is 16.3. The van der Waals surface area contributed by atoms with E-state index in [1.54, 1.807) is 6.20 Å². The van der Waals surface area contributed by atoms with Gasteiger partial charge in [0.15, 0.2) is 0 Å². The van der Waals surface area contributed by atoms with E-state index in [1.807, 2.05) is 49.4 Å². The van der Waals surface area contributed by atoms with Crippen LogP contribution in [0, 0.1) is 5.82 Å². The summed E-state index contributed by atoms with van der Waals surface area (Å²) < 4.78 is 53.9. The molecule has 0 saturated carbocycles. The molecule has 0 aliphatic carbocycles. The molecule has 0 spiro atoms. The zero-order chi connectivity index (χ0) is 28.7. The third kappa shape index (κ3) is 7.34. The lowest BCUT2D eigenvalue weighted by molar-refractivity contribution is -0.140. The van der Waals surface area contributed by atoms with Crippen molar-refractivity contribution in [1.29, 1.82) is 0 Å². The van der Waals surface area contributed by atoms with Crippen LogP contribution in [-0.2, 0) is 22.2 Å². The highest BCUT2D eigenvalue weighted by atomic mass is 19.4. The van der Waals surface area contributed by atoms with Crippen molar-refractivity contribution in [2.45, 2.75) is 64.1 Å². The van der Waals surface area contributed by atoms with E-state index in [0.29, 0.717) is 37.6 Å². The minimum absolute atomic E-state index is 0.194. The molecule has 0 bridgehead atoms. The molecule has 4 aromatic rings. The number of aromatic nitrogens is 2. The number of imidazole rings is 1. The number of amides is 1. The lowest BCUT2D eigenvalue weighted by Crippen LogP contribution is -2.31. The Balaban J connectivity index is 1.51. The van der Waals surface area contributed by atoms with Crippen molar-refractivity contribution in [1.82, 2.24) is 15.3 Å². The van der Waals surface area contributed by atoms with Crippen LogP contribution >= 0.6 is 0 Å². The third-order valence-corrected chi connectivity index (χ3v) is 6.90. The standard InChI is InChI=1S/C31H31F4N3O2/c1-2-24(39)12-4-3-5-14-26(37-28(40)18-23-11-8-13-25(29(23)32)31(33,34)35)30-36-19-27(38-30)22-16-15-20-9-6-7-10-21(20)17-22/h6-11,13,15-17,19,26H,2-5,12,14,18H2,1H3,(H,36,38)(H,37,40)/t26-/m0/s1. The summed E-state index contributed by atoms with van der Waals surface area (Å²) in [5, 5.41) is 4.98. The van der Waals surface area contributed by atoms with E-state index in [4.69, 9.17) is 0 Å². The zero-order valence-corrected chi connectivity index (χ0v) is 22.2. The number of halogens is 4. The van der Waals surface area contributed by atoms with Crippen LogP contribution in [0.25, 0.3) is 22.0 Å². The largest absolute Gasteiger partial charge is 0.419 e. The van der Waals surface area contributed by atoms with Gasteiger partial charge in [-0.05, 0) is 41.3 Å². The molecular formula is C31H31F4N3O2. The highest BCUT2D eigenvalue weighted by molar-refractivity contribution is 5.86. The van der Waals surface area contributed by atoms with Gasteiger partial charge in [-0.1, -0.05) is 68.3 Å². The Morgan fingerprint density at radius 1 is 0.975 bits per heavy atom. The summed E-state index contributed by atoms with van der Waals surface area (Å²) in [4.78, 5) is 32.3. The van der Waals surface area contributed by atoms with Crippen LogP contribution in [-0.4, -0.2) is 21.7 Å². The summed E-state index contributed by atoms with van der Waals surface area (Å²) in [5.74, 6) is -1.38. The Morgan fingerprint density at radius 2 is 1.75 bits per heavy atom. The van der Waals surface area contributed by atoms with Crippen molar-refractivity contribution < 1.29 is 27.2 Å². The number of nitrogens with one attached hydrogen (secondary N) is 2. The first kappa shape index (κ1) is 29.0. The van der Waals surface area contributed by atoms with Crippen LogP contribution in [0.2, 0.25) is 0 Å². The Labute approximate surface area is 230 Å². The van der Waals surface area contributed by atoms with Gasteiger partial charge >= 0.3 is 6.18 Å². The van der Waals surface area contributed by atoms with Gasteiger partial charge in [0.25, 0.3) is 0 Å². The number of aromatic amines is 1. The van der Waals surface area contributed by atoms with E-state index >= 15 is 0 Å². The fourth-order valence-electron chi connectivity index (χ4n) is 4.67. The van der Waals surface area contributed by atoms with Gasteiger partial charge in [-0.2, -0.15) is 13.2 Å². The number of unbranched alkanes of at least 4 members (excludes halogenated alkanes) is 2. The smallest absolute Gasteiger partial charge is 0.346 e. The maximum Gasteiger partial charge on any atom is 0.419 e. The van der Waals surface area contributed by atoms with E-state index in [-0.39, 0.29) is 11.3 Å². The molecule has 9 heteroatoms. The van der Waals surface area contributed by atoms with Crippen LogP contribution in [0.3, 0.4) is 0 Å². The number of nitrogens with zero attached hydrogens (tertiary/aromatic N) is 1. The van der Waals surface area contributed by atoms with Gasteiger partial charge in [0.1, 0.15) is 17.4 Å². The van der Waals surface area contributed by atoms with E-state index < -0.39 is 35.9 Å². The van der Waals surface area contributed by atoms with Crippen LogP contribution < -0.4 is 5.32 Å². The van der Waals surface area contributed by atoms with Crippen LogP contribution in [0.5, 0.6) is 0 Å². The monoisotopic (exact) mass is 553 g/mol. The number of Topliss-reactive ketones (excluding diaryl/α,β-unsaturated/α-hetero) is 1. The third-order valence-electron chi connectivity index (χ3n) is 6.90.